The van der Waals surface area contributed by atoms with E-state index >= 15 is 0 Å². The minimum Gasteiger partial charge on any atom is -0.495 e. The van der Waals surface area contributed by atoms with Gasteiger partial charge in [-0.2, -0.15) is 0 Å². The van der Waals surface area contributed by atoms with E-state index in [0.717, 1.165) is 0 Å². The van der Waals surface area contributed by atoms with E-state index in [1.54, 1.807) is 81.7 Å². The van der Waals surface area contributed by atoms with Crippen LogP contribution in [-0.4, -0.2) is 63.5 Å². The van der Waals surface area contributed by atoms with Crippen molar-refractivity contribution in [2.75, 3.05) is 49.5 Å². The number of halogens is 1. The molecule has 45 heavy (non-hydrogen) atoms. The second-order valence-corrected chi connectivity index (χ2v) is 10.9. The zero-order valence-electron chi connectivity index (χ0n) is 26.0. The molecule has 5 rings (SSSR count). The Morgan fingerprint density at radius 2 is 1.76 bits per heavy atom. The topological polar surface area (TPSA) is 104 Å². The smallest absolute Gasteiger partial charge is 0.339 e. The highest BCUT2D eigenvalue weighted by Crippen LogP contribution is 2.38. The van der Waals surface area contributed by atoms with Crippen LogP contribution in [0.15, 0.2) is 95.3 Å². The lowest BCUT2D eigenvalue weighted by Crippen LogP contribution is -2.33. The quantitative estimate of drug-likeness (QED) is 0.286. The summed E-state index contributed by atoms with van der Waals surface area (Å²) in [6.07, 6.45) is 5.78. The van der Waals surface area contributed by atoms with Gasteiger partial charge in [-0.05, 0) is 81.4 Å². The average molecular weight is 613 g/mol. The highest BCUT2D eigenvalue weighted by Gasteiger charge is 2.42. The van der Waals surface area contributed by atoms with Crippen LogP contribution in [0.4, 0.5) is 26.2 Å². The molecular weight excluding hydrogens is 575 g/mol. The van der Waals surface area contributed by atoms with Crippen LogP contribution in [0.3, 0.4) is 0 Å². The highest BCUT2D eigenvalue weighted by atomic mass is 19.1. The van der Waals surface area contributed by atoms with E-state index in [-0.39, 0.29) is 5.91 Å². The largest absolute Gasteiger partial charge is 0.495 e. The maximum Gasteiger partial charge on any atom is 0.339 e. The molecule has 1 heterocycles. The van der Waals surface area contributed by atoms with Gasteiger partial charge in [0, 0.05) is 44.5 Å². The second-order valence-electron chi connectivity index (χ2n) is 10.9. The molecule has 0 spiro atoms. The number of carbonyl (C=O) groups is 2. The summed E-state index contributed by atoms with van der Waals surface area (Å²) >= 11 is 0. The van der Waals surface area contributed by atoms with Gasteiger partial charge in [0.15, 0.2) is 5.84 Å². The van der Waals surface area contributed by atoms with Crippen LogP contribution < -0.4 is 29.9 Å². The number of nitrogens with zero attached hydrogens (tertiary/aromatic N) is 5. The number of hydrogen-bond acceptors (Lipinski definition) is 7. The molecule has 2 aliphatic rings. The van der Waals surface area contributed by atoms with Gasteiger partial charge in [0.2, 0.25) is 0 Å². The molecular formula is C34H37FN6O4. The van der Waals surface area contributed by atoms with Crippen LogP contribution in [0, 0.1) is 5.82 Å². The molecule has 0 bridgehead atoms. The first-order chi connectivity index (χ1) is 21.6. The van der Waals surface area contributed by atoms with Crippen molar-refractivity contribution < 1.29 is 23.5 Å². The van der Waals surface area contributed by atoms with Crippen LogP contribution in [-0.2, 0) is 4.79 Å². The van der Waals surface area contributed by atoms with E-state index in [1.807, 2.05) is 13.1 Å². The third-order valence-electron chi connectivity index (χ3n) is 7.68. The summed E-state index contributed by atoms with van der Waals surface area (Å²) in [5, 5.41) is 0. The Kier molecular flexibility index (Phi) is 9.19. The number of amides is 3. The summed E-state index contributed by atoms with van der Waals surface area (Å²) in [7, 11) is 6.82. The van der Waals surface area contributed by atoms with Crippen molar-refractivity contribution >= 4 is 34.8 Å². The second kappa shape index (κ2) is 13.2. The van der Waals surface area contributed by atoms with Crippen molar-refractivity contribution in [1.82, 2.24) is 4.90 Å². The van der Waals surface area contributed by atoms with Crippen LogP contribution in [0.25, 0.3) is 0 Å². The fraction of sp³-hybridized carbons (Fsp3) is 0.265. The summed E-state index contributed by atoms with van der Waals surface area (Å²) in [4.78, 5) is 38.3. The molecule has 0 radical (unpaired) electrons. The maximum atomic E-state index is 14.1. The van der Waals surface area contributed by atoms with E-state index in [1.165, 1.54) is 46.8 Å². The van der Waals surface area contributed by atoms with E-state index in [9.17, 15) is 14.0 Å². The number of carbonyl (C=O) groups excluding carboxylic acids is 2. The number of likely N-dealkylation sites (N-methyl/N-ethyl adjacent to an activating group) is 2. The first-order valence-electron chi connectivity index (χ1n) is 14.6. The van der Waals surface area contributed by atoms with Gasteiger partial charge in [0.25, 0.3) is 5.91 Å². The lowest BCUT2D eigenvalue weighted by atomic mass is 10.2. The minimum atomic E-state index is -0.415. The number of aliphatic imine (C=N–C) groups is 1. The Labute approximate surface area is 262 Å². The van der Waals surface area contributed by atoms with Gasteiger partial charge in [0.05, 0.1) is 24.2 Å². The third-order valence-corrected chi connectivity index (χ3v) is 7.68. The molecule has 2 fully saturated rings. The molecule has 1 saturated carbocycles. The normalized spacial score (nSPS) is 17.0. The number of allylic oxidation sites excluding steroid dienone is 1. The number of anilines is 3. The molecule has 11 heteroatoms. The zero-order chi connectivity index (χ0) is 32.2. The predicted octanol–water partition coefficient (Wildman–Crippen LogP) is 5.90. The Balaban J connectivity index is 1.43. The first kappa shape index (κ1) is 31.3. The monoisotopic (exact) mass is 612 g/mol. The van der Waals surface area contributed by atoms with Gasteiger partial charge < -0.3 is 20.1 Å². The van der Waals surface area contributed by atoms with E-state index in [2.05, 4.69) is 9.89 Å². The number of amidine groups is 1. The van der Waals surface area contributed by atoms with Crippen molar-refractivity contribution in [3.05, 3.63) is 96.1 Å². The molecule has 0 aromatic heterocycles. The number of nitrogens with two attached hydrogens (primary N) is 1. The number of rotatable bonds is 10. The summed E-state index contributed by atoms with van der Waals surface area (Å²) in [5.41, 5.74) is 8.61. The zero-order valence-corrected chi connectivity index (χ0v) is 26.0. The molecule has 1 aliphatic carbocycles. The number of urea groups is 1. The Morgan fingerprint density at radius 3 is 2.38 bits per heavy atom. The van der Waals surface area contributed by atoms with Crippen LogP contribution >= 0.6 is 0 Å². The van der Waals surface area contributed by atoms with Crippen molar-refractivity contribution in [3.8, 4) is 17.2 Å². The van der Waals surface area contributed by atoms with Crippen molar-refractivity contribution in [1.29, 1.82) is 0 Å². The molecule has 3 amide bonds. The van der Waals surface area contributed by atoms with E-state index in [0.29, 0.717) is 64.1 Å². The molecule has 0 atom stereocenters. The Hall–Kier alpha value is -5.16. The number of hydrogen-bond donors (Lipinski definition) is 1. The van der Waals surface area contributed by atoms with Crippen molar-refractivity contribution in [2.24, 2.45) is 10.7 Å². The number of methoxy groups -OCH3 is 1. The highest BCUT2D eigenvalue weighted by molar-refractivity contribution is 6.36. The third kappa shape index (κ3) is 6.68. The van der Waals surface area contributed by atoms with Gasteiger partial charge in [-0.3, -0.25) is 19.6 Å². The molecule has 234 valence electrons. The van der Waals surface area contributed by atoms with Crippen LogP contribution in [0.2, 0.25) is 0 Å². The molecule has 3 aromatic carbocycles. The molecule has 1 saturated heterocycles. The molecule has 3 aromatic rings. The van der Waals surface area contributed by atoms with E-state index in [4.69, 9.17) is 15.2 Å². The summed E-state index contributed by atoms with van der Waals surface area (Å²) in [6.45, 7) is 2.38. The molecule has 2 N–H and O–H groups in total. The van der Waals surface area contributed by atoms with Gasteiger partial charge in [-0.15, -0.1) is 0 Å². The Bertz CT molecular complexity index is 1680. The minimum absolute atomic E-state index is 0.229. The maximum absolute atomic E-state index is 14.1. The molecule has 0 unspecified atom stereocenters. The van der Waals surface area contributed by atoms with Crippen molar-refractivity contribution in [2.45, 2.75) is 25.8 Å². The summed E-state index contributed by atoms with van der Waals surface area (Å²) in [6, 6.07) is 18.0. The lowest BCUT2D eigenvalue weighted by Gasteiger charge is -2.23. The standard InChI is InChI=1S/C34H37FN6O4/c1-22(36)32-33(37-2)41(34(43)40(32)25-13-16-27(17-14-25)45-28-9-6-8-23(35)20-28)26-15-18-30(44-5)29(21-26)39(4)31(42)10-7-19-38(3)24-11-12-24/h6-10,13-18,20-21,24H,11-12,19,36H2,1-5H3/b10-7+,32-22-,37-33+. The van der Waals surface area contributed by atoms with Gasteiger partial charge in [-0.25, -0.2) is 14.1 Å². The SMILES string of the molecule is C/N=C1\C(=C(/C)N)N(c2ccc(Oc3cccc(F)c3)cc2)C(=O)N1c1ccc(OC)c(N(C)C(=O)/C=C/CN(C)C2CC2)c1. The number of benzene rings is 3. The van der Waals surface area contributed by atoms with Crippen molar-refractivity contribution in [3.63, 3.8) is 0 Å². The predicted molar refractivity (Wildman–Crippen MR) is 175 cm³/mol. The fourth-order valence-electron chi connectivity index (χ4n) is 5.15. The Morgan fingerprint density at radius 1 is 1.04 bits per heavy atom. The lowest BCUT2D eigenvalue weighted by molar-refractivity contribution is -0.113. The first-order valence-corrected chi connectivity index (χ1v) is 14.6. The van der Waals surface area contributed by atoms with Gasteiger partial charge in [0.1, 0.15) is 28.8 Å². The molecule has 1 aliphatic heterocycles. The molecule has 10 nitrogen and oxygen atoms in total. The van der Waals surface area contributed by atoms with Crippen LogP contribution in [0.1, 0.15) is 19.8 Å². The fourth-order valence-corrected chi connectivity index (χ4v) is 5.15. The van der Waals surface area contributed by atoms with Crippen LogP contribution in [0.5, 0.6) is 17.2 Å². The number of ether oxygens (including phenoxy) is 2. The van der Waals surface area contributed by atoms with Gasteiger partial charge >= 0.3 is 6.03 Å². The van der Waals surface area contributed by atoms with E-state index < -0.39 is 11.8 Å². The summed E-state index contributed by atoms with van der Waals surface area (Å²) < 4.78 is 25.0. The summed E-state index contributed by atoms with van der Waals surface area (Å²) in [5.74, 6) is 0.992. The van der Waals surface area contributed by atoms with Gasteiger partial charge in [-0.1, -0.05) is 12.1 Å². The average Bonchev–Trinajstić information content (AvgIpc) is 3.84.